The van der Waals surface area contributed by atoms with Gasteiger partial charge >= 0.3 is 5.97 Å². The fraction of sp³-hybridized carbons (Fsp3) is 0.650. The first-order chi connectivity index (χ1) is 12.2. The molecule has 0 amide bonds. The molecule has 0 atom stereocenters. The van der Waals surface area contributed by atoms with Gasteiger partial charge in [-0.3, -0.25) is 19.5 Å². The summed E-state index contributed by atoms with van der Waals surface area (Å²) in [5.74, 6) is -0.0924. The van der Waals surface area contributed by atoms with Gasteiger partial charge in [-0.1, -0.05) is 30.3 Å². The van der Waals surface area contributed by atoms with Crippen LogP contribution in [0.15, 0.2) is 30.3 Å². The number of carbonyl (C=O) groups is 1. The van der Waals surface area contributed by atoms with Crippen molar-refractivity contribution in [3.8, 4) is 0 Å². The Bertz CT molecular complexity index is 521. The molecule has 2 aliphatic heterocycles. The zero-order valence-electron chi connectivity index (χ0n) is 15.4. The van der Waals surface area contributed by atoms with Gasteiger partial charge in [0.25, 0.3) is 0 Å². The van der Waals surface area contributed by atoms with Gasteiger partial charge in [-0.2, -0.15) is 0 Å². The molecule has 0 aliphatic carbocycles. The van der Waals surface area contributed by atoms with Gasteiger partial charge in [-0.15, -0.1) is 0 Å². The smallest absolute Gasteiger partial charge is 0.320 e. The van der Waals surface area contributed by atoms with Crippen molar-refractivity contribution in [1.29, 1.82) is 0 Å². The summed E-state index contributed by atoms with van der Waals surface area (Å²) in [6.45, 7) is 10.3. The van der Waals surface area contributed by atoms with Crippen molar-refractivity contribution in [2.75, 3.05) is 52.4 Å². The van der Waals surface area contributed by atoms with E-state index < -0.39 is 0 Å². The summed E-state index contributed by atoms with van der Waals surface area (Å²) in [6.07, 6.45) is 2.51. The second-order valence-electron chi connectivity index (χ2n) is 7.11. The first-order valence-corrected chi connectivity index (χ1v) is 9.63. The zero-order valence-corrected chi connectivity index (χ0v) is 15.4. The van der Waals surface area contributed by atoms with Crippen molar-refractivity contribution in [3.63, 3.8) is 0 Å². The second kappa shape index (κ2) is 9.32. The average molecular weight is 345 g/mol. The Hall–Kier alpha value is -1.43. The van der Waals surface area contributed by atoms with Crippen LogP contribution < -0.4 is 0 Å². The van der Waals surface area contributed by atoms with Gasteiger partial charge < -0.3 is 4.74 Å². The molecule has 3 rings (SSSR count). The maximum Gasteiger partial charge on any atom is 0.320 e. The maximum atomic E-state index is 11.6. The number of rotatable bonds is 6. The van der Waals surface area contributed by atoms with Gasteiger partial charge in [-0.25, -0.2) is 0 Å². The number of carbonyl (C=O) groups excluding carboxylic acids is 1. The zero-order chi connectivity index (χ0) is 17.5. The maximum absolute atomic E-state index is 11.6. The van der Waals surface area contributed by atoms with Gasteiger partial charge in [0.15, 0.2) is 0 Å². The van der Waals surface area contributed by atoms with Crippen molar-refractivity contribution in [2.45, 2.75) is 32.4 Å². The van der Waals surface area contributed by atoms with E-state index in [-0.39, 0.29) is 5.97 Å². The number of piperazine rings is 1. The third-order valence-electron chi connectivity index (χ3n) is 5.39. The third-order valence-corrected chi connectivity index (χ3v) is 5.39. The van der Waals surface area contributed by atoms with E-state index in [0.717, 1.165) is 32.7 Å². The predicted molar refractivity (Wildman–Crippen MR) is 99.4 cm³/mol. The molecule has 2 fully saturated rings. The molecule has 2 aliphatic rings. The van der Waals surface area contributed by atoms with E-state index in [9.17, 15) is 4.79 Å². The highest BCUT2D eigenvalue weighted by Gasteiger charge is 2.28. The molecule has 0 bridgehead atoms. The van der Waals surface area contributed by atoms with Crippen molar-refractivity contribution in [2.24, 2.45) is 0 Å². The quantitative estimate of drug-likeness (QED) is 0.735. The number of piperidine rings is 1. The average Bonchev–Trinajstić information content (AvgIpc) is 2.64. The van der Waals surface area contributed by atoms with E-state index in [1.54, 1.807) is 0 Å². The summed E-state index contributed by atoms with van der Waals surface area (Å²) in [6, 6.07) is 11.5. The lowest BCUT2D eigenvalue weighted by molar-refractivity contribution is -0.145. The second-order valence-corrected chi connectivity index (χ2v) is 7.11. The van der Waals surface area contributed by atoms with Crippen LogP contribution >= 0.6 is 0 Å². The standard InChI is InChI=1S/C20H31N3O2/c1-2-25-20(24)17-22-12-14-23(15-13-22)19-8-10-21(11-9-19)16-18-6-4-3-5-7-18/h3-7,19H,2,8-17H2,1H3. The first kappa shape index (κ1) is 18.4. The lowest BCUT2D eigenvalue weighted by Gasteiger charge is -2.42. The third kappa shape index (κ3) is 5.53. The van der Waals surface area contributed by atoms with Gasteiger partial charge in [0.2, 0.25) is 0 Å². The monoisotopic (exact) mass is 345 g/mol. The highest BCUT2D eigenvalue weighted by molar-refractivity contribution is 5.71. The summed E-state index contributed by atoms with van der Waals surface area (Å²) < 4.78 is 5.05. The van der Waals surface area contributed by atoms with E-state index in [4.69, 9.17) is 4.74 Å². The Morgan fingerprint density at radius 3 is 2.32 bits per heavy atom. The van der Waals surface area contributed by atoms with E-state index in [1.807, 2.05) is 6.92 Å². The number of nitrogens with zero attached hydrogens (tertiary/aromatic N) is 3. The summed E-state index contributed by atoms with van der Waals surface area (Å²) >= 11 is 0. The molecule has 2 heterocycles. The van der Waals surface area contributed by atoms with Crippen LogP contribution in [0.1, 0.15) is 25.3 Å². The molecule has 0 N–H and O–H groups in total. The molecule has 0 saturated carbocycles. The summed E-state index contributed by atoms with van der Waals surface area (Å²) in [5, 5.41) is 0. The minimum Gasteiger partial charge on any atom is -0.465 e. The van der Waals surface area contributed by atoms with E-state index in [1.165, 1.54) is 31.5 Å². The Kier molecular flexibility index (Phi) is 6.84. The van der Waals surface area contributed by atoms with E-state index >= 15 is 0 Å². The first-order valence-electron chi connectivity index (χ1n) is 9.63. The Morgan fingerprint density at radius 2 is 1.68 bits per heavy atom. The van der Waals surface area contributed by atoms with Gasteiger partial charge in [-0.05, 0) is 38.4 Å². The highest BCUT2D eigenvalue weighted by Crippen LogP contribution is 2.19. The lowest BCUT2D eigenvalue weighted by Crippen LogP contribution is -2.53. The minimum atomic E-state index is -0.0924. The van der Waals surface area contributed by atoms with Gasteiger partial charge in [0.05, 0.1) is 13.2 Å². The number of esters is 1. The Morgan fingerprint density at radius 1 is 1.00 bits per heavy atom. The van der Waals surface area contributed by atoms with Crippen LogP contribution in [0.2, 0.25) is 0 Å². The van der Waals surface area contributed by atoms with Crippen LogP contribution in [0.25, 0.3) is 0 Å². The molecule has 0 aromatic heterocycles. The number of likely N-dealkylation sites (tertiary alicyclic amines) is 1. The summed E-state index contributed by atoms with van der Waals surface area (Å²) in [4.78, 5) is 19.0. The van der Waals surface area contributed by atoms with Crippen LogP contribution in [0.4, 0.5) is 0 Å². The molecule has 1 aromatic carbocycles. The van der Waals surface area contributed by atoms with Crippen molar-refractivity contribution >= 4 is 5.97 Å². The topological polar surface area (TPSA) is 36.0 Å². The highest BCUT2D eigenvalue weighted by atomic mass is 16.5. The molecular formula is C20H31N3O2. The van der Waals surface area contributed by atoms with Crippen molar-refractivity contribution in [1.82, 2.24) is 14.7 Å². The Labute approximate surface area is 151 Å². The molecule has 138 valence electrons. The summed E-state index contributed by atoms with van der Waals surface area (Å²) in [5.41, 5.74) is 1.41. The molecule has 25 heavy (non-hydrogen) atoms. The van der Waals surface area contributed by atoms with Gasteiger partial charge in [0, 0.05) is 38.8 Å². The lowest BCUT2D eigenvalue weighted by atomic mass is 10.0. The molecule has 1 aromatic rings. The number of hydrogen-bond acceptors (Lipinski definition) is 5. The summed E-state index contributed by atoms with van der Waals surface area (Å²) in [7, 11) is 0. The Balaban J connectivity index is 1.37. The van der Waals surface area contributed by atoms with Crippen molar-refractivity contribution in [3.05, 3.63) is 35.9 Å². The van der Waals surface area contributed by atoms with Crippen LogP contribution in [0, 0.1) is 0 Å². The fourth-order valence-electron chi connectivity index (χ4n) is 3.96. The number of hydrogen-bond donors (Lipinski definition) is 0. The van der Waals surface area contributed by atoms with Crippen LogP contribution in [-0.4, -0.2) is 79.1 Å². The van der Waals surface area contributed by atoms with E-state index in [2.05, 4.69) is 45.0 Å². The molecule has 0 radical (unpaired) electrons. The molecule has 5 nitrogen and oxygen atoms in total. The predicted octanol–water partition coefficient (Wildman–Crippen LogP) is 1.83. The molecule has 2 saturated heterocycles. The van der Waals surface area contributed by atoms with Crippen LogP contribution in [-0.2, 0) is 16.1 Å². The van der Waals surface area contributed by atoms with Crippen LogP contribution in [0.3, 0.4) is 0 Å². The normalized spacial score (nSPS) is 21.3. The van der Waals surface area contributed by atoms with Crippen LogP contribution in [0.5, 0.6) is 0 Å². The molecular weight excluding hydrogens is 314 g/mol. The molecule has 0 spiro atoms. The van der Waals surface area contributed by atoms with Gasteiger partial charge in [0.1, 0.15) is 0 Å². The number of ether oxygens (including phenoxy) is 1. The fourth-order valence-corrected chi connectivity index (χ4v) is 3.96. The largest absolute Gasteiger partial charge is 0.465 e. The van der Waals surface area contributed by atoms with E-state index in [0.29, 0.717) is 19.2 Å². The molecule has 5 heteroatoms. The SMILES string of the molecule is CCOC(=O)CN1CCN(C2CCN(Cc3ccccc3)CC2)CC1. The minimum absolute atomic E-state index is 0.0924. The number of benzene rings is 1. The van der Waals surface area contributed by atoms with Crippen molar-refractivity contribution < 1.29 is 9.53 Å². The molecule has 0 unspecified atom stereocenters.